The van der Waals surface area contributed by atoms with Crippen molar-refractivity contribution >= 4 is 5.82 Å². The third-order valence-electron chi connectivity index (χ3n) is 3.87. The summed E-state index contributed by atoms with van der Waals surface area (Å²) in [4.78, 5) is 16.3. The lowest BCUT2D eigenvalue weighted by Gasteiger charge is -2.15. The van der Waals surface area contributed by atoms with Gasteiger partial charge in [0.1, 0.15) is 0 Å². The Morgan fingerprint density at radius 2 is 2.33 bits per heavy atom. The lowest BCUT2D eigenvalue weighted by atomic mass is 10.0. The number of hydrogen-bond donors (Lipinski definition) is 1. The molecule has 2 unspecified atom stereocenters. The molecule has 2 atom stereocenters. The van der Waals surface area contributed by atoms with Gasteiger partial charge in [-0.3, -0.25) is 4.79 Å². The van der Waals surface area contributed by atoms with Crippen LogP contribution in [0.25, 0.3) is 0 Å². The van der Waals surface area contributed by atoms with Gasteiger partial charge in [-0.05, 0) is 26.2 Å². The molecule has 1 aliphatic heterocycles. The predicted molar refractivity (Wildman–Crippen MR) is 68.8 cm³/mol. The van der Waals surface area contributed by atoms with Crippen LogP contribution < -0.4 is 10.9 Å². The fourth-order valence-corrected chi connectivity index (χ4v) is 2.46. The van der Waals surface area contributed by atoms with E-state index in [9.17, 15) is 4.79 Å². The van der Waals surface area contributed by atoms with Crippen LogP contribution in [0.15, 0.2) is 17.2 Å². The van der Waals surface area contributed by atoms with Crippen molar-refractivity contribution in [3.05, 3.63) is 22.7 Å². The maximum atomic E-state index is 12.1. The van der Waals surface area contributed by atoms with E-state index in [2.05, 4.69) is 17.2 Å². The summed E-state index contributed by atoms with van der Waals surface area (Å²) in [6.07, 6.45) is 7.03. The van der Waals surface area contributed by atoms with Crippen LogP contribution in [0.5, 0.6) is 0 Å². The van der Waals surface area contributed by atoms with Crippen molar-refractivity contribution in [3.63, 3.8) is 0 Å². The van der Waals surface area contributed by atoms with Crippen molar-refractivity contribution in [2.75, 3.05) is 18.5 Å². The number of rotatable bonds is 4. The van der Waals surface area contributed by atoms with Crippen LogP contribution in [0.3, 0.4) is 0 Å². The van der Waals surface area contributed by atoms with Crippen LogP contribution in [0.2, 0.25) is 0 Å². The van der Waals surface area contributed by atoms with E-state index in [1.165, 1.54) is 0 Å². The quantitative estimate of drug-likeness (QED) is 0.876. The van der Waals surface area contributed by atoms with Crippen LogP contribution in [0, 0.1) is 5.92 Å². The molecule has 2 fully saturated rings. The van der Waals surface area contributed by atoms with E-state index in [-0.39, 0.29) is 11.7 Å². The van der Waals surface area contributed by atoms with E-state index < -0.39 is 0 Å². The van der Waals surface area contributed by atoms with E-state index in [0.29, 0.717) is 17.8 Å². The van der Waals surface area contributed by atoms with Gasteiger partial charge in [0.2, 0.25) is 0 Å². The second-order valence-electron chi connectivity index (χ2n) is 5.23. The van der Waals surface area contributed by atoms with E-state index >= 15 is 0 Å². The largest absolute Gasteiger partial charge is 0.378 e. The number of nitrogens with zero attached hydrogens (tertiary/aromatic N) is 2. The Bertz CT molecular complexity index is 481. The van der Waals surface area contributed by atoms with Crippen LogP contribution >= 0.6 is 0 Å². The van der Waals surface area contributed by atoms with Crippen molar-refractivity contribution < 1.29 is 4.74 Å². The lowest BCUT2D eigenvalue weighted by molar-refractivity contribution is 0.108. The molecule has 1 saturated carbocycles. The van der Waals surface area contributed by atoms with Crippen molar-refractivity contribution in [3.8, 4) is 0 Å². The summed E-state index contributed by atoms with van der Waals surface area (Å²) >= 11 is 0. The molecule has 2 heterocycles. The zero-order chi connectivity index (χ0) is 12.5. The highest BCUT2D eigenvalue weighted by Crippen LogP contribution is 2.33. The second-order valence-corrected chi connectivity index (χ2v) is 5.23. The number of hydrogen-bond acceptors (Lipinski definition) is 4. The van der Waals surface area contributed by atoms with E-state index in [4.69, 9.17) is 4.74 Å². The van der Waals surface area contributed by atoms with Gasteiger partial charge in [-0.15, -0.1) is 0 Å². The van der Waals surface area contributed by atoms with Crippen molar-refractivity contribution in [2.45, 2.75) is 38.3 Å². The number of nitrogens with one attached hydrogen (secondary N) is 1. The zero-order valence-electron chi connectivity index (χ0n) is 10.6. The summed E-state index contributed by atoms with van der Waals surface area (Å²) < 4.78 is 7.31. The first-order chi connectivity index (χ1) is 8.75. The predicted octanol–water partition coefficient (Wildman–Crippen LogP) is 1.42. The highest BCUT2D eigenvalue weighted by atomic mass is 16.5. The van der Waals surface area contributed by atoms with Gasteiger partial charge in [-0.25, -0.2) is 4.98 Å². The van der Waals surface area contributed by atoms with E-state index in [0.717, 1.165) is 32.4 Å². The van der Waals surface area contributed by atoms with Crippen LogP contribution in [-0.4, -0.2) is 28.8 Å². The Labute approximate surface area is 106 Å². The Kier molecular flexibility index (Phi) is 3.07. The lowest BCUT2D eigenvalue weighted by Crippen LogP contribution is -2.27. The van der Waals surface area contributed by atoms with Gasteiger partial charge in [-0.1, -0.05) is 0 Å². The third-order valence-corrected chi connectivity index (χ3v) is 3.87. The molecule has 18 heavy (non-hydrogen) atoms. The van der Waals surface area contributed by atoms with Gasteiger partial charge in [0, 0.05) is 37.5 Å². The first kappa shape index (κ1) is 11.7. The van der Waals surface area contributed by atoms with Gasteiger partial charge in [-0.2, -0.15) is 0 Å². The summed E-state index contributed by atoms with van der Waals surface area (Å²) in [5.41, 5.74) is 0.00608. The monoisotopic (exact) mass is 249 g/mol. The maximum absolute atomic E-state index is 12.1. The van der Waals surface area contributed by atoms with Gasteiger partial charge < -0.3 is 14.6 Å². The minimum absolute atomic E-state index is 0.00608. The molecule has 3 rings (SSSR count). The minimum atomic E-state index is 0.00608. The first-order valence-corrected chi connectivity index (χ1v) is 6.68. The molecule has 5 heteroatoms. The highest BCUT2D eigenvalue weighted by molar-refractivity contribution is 5.31. The standard InChI is InChI=1S/C13H19N3O2/c1-9-10(4-7-18-9)8-15-12-13(17)16(6-5-14-12)11-2-3-11/h5-6,9-11H,2-4,7-8H2,1H3,(H,14,15). The summed E-state index contributed by atoms with van der Waals surface area (Å²) in [5, 5.41) is 3.18. The molecule has 0 aromatic carbocycles. The van der Waals surface area contributed by atoms with Crippen molar-refractivity contribution in [1.82, 2.24) is 9.55 Å². The normalized spacial score (nSPS) is 27.4. The van der Waals surface area contributed by atoms with Crippen LogP contribution in [0.1, 0.15) is 32.2 Å². The molecule has 98 valence electrons. The van der Waals surface area contributed by atoms with Crippen LogP contribution in [0.4, 0.5) is 5.82 Å². The minimum Gasteiger partial charge on any atom is -0.378 e. The van der Waals surface area contributed by atoms with Crippen LogP contribution in [-0.2, 0) is 4.74 Å². The Morgan fingerprint density at radius 1 is 1.50 bits per heavy atom. The number of aromatic nitrogens is 2. The Morgan fingerprint density at radius 3 is 3.00 bits per heavy atom. The average Bonchev–Trinajstić information content (AvgIpc) is 3.12. The fourth-order valence-electron chi connectivity index (χ4n) is 2.46. The van der Waals surface area contributed by atoms with Crippen molar-refractivity contribution in [2.24, 2.45) is 5.92 Å². The fraction of sp³-hybridized carbons (Fsp3) is 0.692. The topological polar surface area (TPSA) is 56.1 Å². The molecular weight excluding hydrogens is 230 g/mol. The summed E-state index contributed by atoms with van der Waals surface area (Å²) in [6.45, 7) is 3.67. The average molecular weight is 249 g/mol. The maximum Gasteiger partial charge on any atom is 0.293 e. The molecule has 1 N–H and O–H groups in total. The molecule has 2 aliphatic rings. The highest BCUT2D eigenvalue weighted by Gasteiger charge is 2.26. The molecule has 1 saturated heterocycles. The summed E-state index contributed by atoms with van der Waals surface area (Å²) in [5.74, 6) is 0.948. The first-order valence-electron chi connectivity index (χ1n) is 6.68. The summed E-state index contributed by atoms with van der Waals surface area (Å²) in [6, 6.07) is 0.398. The number of ether oxygens (including phenoxy) is 1. The molecule has 0 bridgehead atoms. The van der Waals surface area contributed by atoms with E-state index in [1.807, 2.05) is 0 Å². The Hall–Kier alpha value is -1.36. The van der Waals surface area contributed by atoms with Crippen molar-refractivity contribution in [1.29, 1.82) is 0 Å². The van der Waals surface area contributed by atoms with E-state index in [1.54, 1.807) is 17.0 Å². The zero-order valence-corrected chi connectivity index (χ0v) is 10.6. The molecule has 1 aromatic heterocycles. The molecule has 0 spiro atoms. The summed E-state index contributed by atoms with van der Waals surface area (Å²) in [7, 11) is 0. The Balaban J connectivity index is 1.69. The molecule has 1 aromatic rings. The third kappa shape index (κ3) is 2.27. The molecule has 0 radical (unpaired) electrons. The van der Waals surface area contributed by atoms with Gasteiger partial charge in [0.05, 0.1) is 6.10 Å². The molecular formula is C13H19N3O2. The number of anilines is 1. The van der Waals surface area contributed by atoms with Gasteiger partial charge in [0.15, 0.2) is 5.82 Å². The second kappa shape index (κ2) is 4.72. The smallest absolute Gasteiger partial charge is 0.293 e. The molecule has 0 amide bonds. The molecule has 5 nitrogen and oxygen atoms in total. The molecule has 1 aliphatic carbocycles. The van der Waals surface area contributed by atoms with Gasteiger partial charge in [0.25, 0.3) is 5.56 Å². The van der Waals surface area contributed by atoms with Gasteiger partial charge >= 0.3 is 0 Å². The SMILES string of the molecule is CC1OCCC1CNc1nccn(C2CC2)c1=O.